The van der Waals surface area contributed by atoms with Crippen molar-refractivity contribution in [1.29, 1.82) is 0 Å². The Kier molecular flexibility index (Phi) is 5.94. The first kappa shape index (κ1) is 18.9. The van der Waals surface area contributed by atoms with Crippen LogP contribution in [0.5, 0.6) is 0 Å². The summed E-state index contributed by atoms with van der Waals surface area (Å²) in [5, 5.41) is 18.8. The molecule has 3 rings (SSSR count). The Hall–Kier alpha value is -1.92. The molecule has 26 heavy (non-hydrogen) atoms. The molecule has 0 aliphatic carbocycles. The summed E-state index contributed by atoms with van der Waals surface area (Å²) in [4.78, 5) is 0. The van der Waals surface area contributed by atoms with Gasteiger partial charge in [-0.15, -0.1) is 0 Å². The Morgan fingerprint density at radius 2 is 1.85 bits per heavy atom. The summed E-state index contributed by atoms with van der Waals surface area (Å²) in [5.74, 6) is -0.330. The van der Waals surface area contributed by atoms with Gasteiger partial charge in [-0.3, -0.25) is 0 Å². The Morgan fingerprint density at radius 3 is 2.54 bits per heavy atom. The number of aliphatic hydroxyl groups is 1. The molecule has 0 aliphatic heterocycles. The van der Waals surface area contributed by atoms with Gasteiger partial charge in [0.25, 0.3) is 0 Å². The fraction of sp³-hybridized carbons (Fsp3) is 0.211. The topological polar surface area (TPSA) is 50.1 Å². The van der Waals surface area contributed by atoms with Crippen molar-refractivity contribution in [2.24, 2.45) is 0 Å². The number of nitrogens with one attached hydrogen (secondary N) is 1. The van der Waals surface area contributed by atoms with Gasteiger partial charge in [0.15, 0.2) is 0 Å². The molecule has 136 valence electrons. The van der Waals surface area contributed by atoms with Gasteiger partial charge in [-0.25, -0.2) is 9.07 Å². The largest absolute Gasteiger partial charge is 0.387 e. The van der Waals surface area contributed by atoms with E-state index in [0.29, 0.717) is 34.5 Å². The molecule has 1 unspecified atom stereocenters. The van der Waals surface area contributed by atoms with Gasteiger partial charge in [0.2, 0.25) is 0 Å². The summed E-state index contributed by atoms with van der Waals surface area (Å²) in [6.07, 6.45) is -0.742. The summed E-state index contributed by atoms with van der Waals surface area (Å²) in [5.41, 5.74) is 2.96. The minimum atomic E-state index is -0.742. The van der Waals surface area contributed by atoms with E-state index < -0.39 is 6.10 Å². The normalized spacial score (nSPS) is 12.3. The standard InChI is InChI=1S/C19H18Cl2FN3O/c1-12-15(10-23-11-18(26)13-6-8-14(22)9-7-13)19(21)25(24-12)17-5-3-2-4-16(17)20/h2-9,18,23,26H,10-11H2,1H3. The highest BCUT2D eigenvalue weighted by molar-refractivity contribution is 6.33. The van der Waals surface area contributed by atoms with Gasteiger partial charge in [-0.05, 0) is 36.8 Å². The number of aliphatic hydroxyl groups excluding tert-OH is 1. The highest BCUT2D eigenvalue weighted by Crippen LogP contribution is 2.27. The Bertz CT molecular complexity index is 896. The first-order chi connectivity index (χ1) is 12.5. The smallest absolute Gasteiger partial charge is 0.137 e. The molecule has 0 amide bonds. The maximum atomic E-state index is 13.0. The van der Waals surface area contributed by atoms with Crippen molar-refractivity contribution >= 4 is 23.2 Å². The minimum Gasteiger partial charge on any atom is -0.387 e. The monoisotopic (exact) mass is 393 g/mol. The van der Waals surface area contributed by atoms with Gasteiger partial charge in [-0.2, -0.15) is 5.10 Å². The maximum Gasteiger partial charge on any atom is 0.137 e. The Morgan fingerprint density at radius 1 is 1.15 bits per heavy atom. The molecule has 0 spiro atoms. The third kappa shape index (κ3) is 4.07. The van der Waals surface area contributed by atoms with E-state index in [2.05, 4.69) is 10.4 Å². The van der Waals surface area contributed by atoms with E-state index in [1.54, 1.807) is 22.9 Å². The van der Waals surface area contributed by atoms with Crippen molar-refractivity contribution in [2.75, 3.05) is 6.54 Å². The molecule has 0 aliphatic rings. The lowest BCUT2D eigenvalue weighted by molar-refractivity contribution is 0.174. The molecular formula is C19H18Cl2FN3O. The van der Waals surface area contributed by atoms with E-state index in [1.165, 1.54) is 12.1 Å². The van der Waals surface area contributed by atoms with Gasteiger partial charge in [0.05, 0.1) is 22.5 Å². The second kappa shape index (κ2) is 8.18. The van der Waals surface area contributed by atoms with Crippen LogP contribution in [0, 0.1) is 12.7 Å². The third-order valence-corrected chi connectivity index (χ3v) is 4.80. The van der Waals surface area contributed by atoms with E-state index in [1.807, 2.05) is 25.1 Å². The summed E-state index contributed by atoms with van der Waals surface area (Å²) in [7, 11) is 0. The highest BCUT2D eigenvalue weighted by Gasteiger charge is 2.16. The van der Waals surface area contributed by atoms with E-state index in [4.69, 9.17) is 23.2 Å². The Balaban J connectivity index is 1.69. The molecule has 4 nitrogen and oxygen atoms in total. The number of aryl methyl sites for hydroxylation is 1. The van der Waals surface area contributed by atoms with Crippen molar-refractivity contribution in [3.63, 3.8) is 0 Å². The number of benzene rings is 2. The summed E-state index contributed by atoms with van der Waals surface area (Å²) < 4.78 is 14.6. The molecule has 0 radical (unpaired) electrons. The van der Waals surface area contributed by atoms with Gasteiger partial charge < -0.3 is 10.4 Å². The molecule has 2 N–H and O–H groups in total. The van der Waals surface area contributed by atoms with E-state index in [0.717, 1.165) is 11.3 Å². The van der Waals surface area contributed by atoms with Gasteiger partial charge in [0.1, 0.15) is 11.0 Å². The van der Waals surface area contributed by atoms with E-state index >= 15 is 0 Å². The first-order valence-electron chi connectivity index (χ1n) is 8.10. The van der Waals surface area contributed by atoms with Crippen molar-refractivity contribution in [3.05, 3.63) is 81.3 Å². The van der Waals surface area contributed by atoms with Crippen molar-refractivity contribution < 1.29 is 9.50 Å². The molecule has 1 aromatic heterocycles. The summed E-state index contributed by atoms with van der Waals surface area (Å²) >= 11 is 12.7. The zero-order chi connectivity index (χ0) is 18.7. The van der Waals surface area contributed by atoms with Crippen molar-refractivity contribution in [2.45, 2.75) is 19.6 Å². The average Bonchev–Trinajstić information content (AvgIpc) is 2.90. The first-order valence-corrected chi connectivity index (χ1v) is 8.86. The third-order valence-electron chi connectivity index (χ3n) is 4.10. The Labute approximate surface area is 161 Å². The molecular weight excluding hydrogens is 376 g/mol. The maximum absolute atomic E-state index is 13.0. The van der Waals surface area contributed by atoms with Crippen LogP contribution < -0.4 is 5.32 Å². The van der Waals surface area contributed by atoms with Crippen LogP contribution in [0.2, 0.25) is 10.2 Å². The number of halogens is 3. The molecule has 0 saturated heterocycles. The van der Waals surface area contributed by atoms with Crippen LogP contribution in [-0.2, 0) is 6.54 Å². The second-order valence-corrected chi connectivity index (χ2v) is 6.68. The molecule has 0 saturated carbocycles. The zero-order valence-electron chi connectivity index (χ0n) is 14.1. The minimum absolute atomic E-state index is 0.304. The lowest BCUT2D eigenvalue weighted by Crippen LogP contribution is -2.21. The zero-order valence-corrected chi connectivity index (χ0v) is 15.6. The quantitative estimate of drug-likeness (QED) is 0.650. The molecule has 2 aromatic carbocycles. The molecule has 0 bridgehead atoms. The number of hydrogen-bond acceptors (Lipinski definition) is 3. The SMILES string of the molecule is Cc1nn(-c2ccccc2Cl)c(Cl)c1CNCC(O)c1ccc(F)cc1. The van der Waals surface area contributed by atoms with Crippen LogP contribution in [0.15, 0.2) is 48.5 Å². The number of rotatable bonds is 6. The lowest BCUT2D eigenvalue weighted by atomic mass is 10.1. The predicted molar refractivity (Wildman–Crippen MR) is 101 cm³/mol. The van der Waals surface area contributed by atoms with Crippen molar-refractivity contribution in [1.82, 2.24) is 15.1 Å². The summed E-state index contributed by atoms with van der Waals surface area (Å²) in [6, 6.07) is 13.1. The van der Waals surface area contributed by atoms with Crippen LogP contribution >= 0.6 is 23.2 Å². The van der Waals surface area contributed by atoms with Crippen molar-refractivity contribution in [3.8, 4) is 5.69 Å². The van der Waals surface area contributed by atoms with E-state index in [9.17, 15) is 9.50 Å². The number of hydrogen-bond donors (Lipinski definition) is 2. The number of aromatic nitrogens is 2. The van der Waals surface area contributed by atoms with Gasteiger partial charge in [-0.1, -0.05) is 47.5 Å². The highest BCUT2D eigenvalue weighted by atomic mass is 35.5. The molecule has 7 heteroatoms. The van der Waals surface area contributed by atoms with Crippen LogP contribution in [-0.4, -0.2) is 21.4 Å². The van der Waals surface area contributed by atoms with Crippen LogP contribution in [0.4, 0.5) is 4.39 Å². The second-order valence-electron chi connectivity index (χ2n) is 5.92. The fourth-order valence-electron chi connectivity index (χ4n) is 2.65. The van der Waals surface area contributed by atoms with Crippen LogP contribution in [0.3, 0.4) is 0 Å². The molecule has 3 aromatic rings. The fourth-order valence-corrected chi connectivity index (χ4v) is 3.20. The van der Waals surface area contributed by atoms with Gasteiger partial charge >= 0.3 is 0 Å². The lowest BCUT2D eigenvalue weighted by Gasteiger charge is -2.12. The van der Waals surface area contributed by atoms with E-state index in [-0.39, 0.29) is 5.82 Å². The average molecular weight is 394 g/mol. The molecule has 1 atom stereocenters. The van der Waals surface area contributed by atoms with Crippen LogP contribution in [0.25, 0.3) is 5.69 Å². The number of para-hydroxylation sites is 1. The predicted octanol–water partition coefficient (Wildman–Crippen LogP) is 4.45. The van der Waals surface area contributed by atoms with Gasteiger partial charge in [0, 0.05) is 18.7 Å². The summed E-state index contributed by atoms with van der Waals surface area (Å²) in [6.45, 7) is 2.61. The van der Waals surface area contributed by atoms with Crippen LogP contribution in [0.1, 0.15) is 22.9 Å². The number of nitrogens with zero attached hydrogens (tertiary/aromatic N) is 2. The molecule has 0 fully saturated rings. The molecule has 1 heterocycles.